The van der Waals surface area contributed by atoms with Gasteiger partial charge in [-0.1, -0.05) is 17.9 Å². The molecule has 2 aliphatic carbocycles. The van der Waals surface area contributed by atoms with Gasteiger partial charge in [-0.05, 0) is 41.8 Å². The van der Waals surface area contributed by atoms with Gasteiger partial charge in [-0.15, -0.1) is 0 Å². The third-order valence-corrected chi connectivity index (χ3v) is 6.19. The summed E-state index contributed by atoms with van der Waals surface area (Å²) in [4.78, 5) is 36.9. The Morgan fingerprint density at radius 3 is 2.06 bits per heavy atom. The summed E-state index contributed by atoms with van der Waals surface area (Å²) < 4.78 is 2.07. The zero-order chi connectivity index (χ0) is 26.2. The SMILES string of the molecule is CC(=O)NCCCN(C)c1ccc(C2=C([O-])C(=C3C=CC(=[N+](C)CCCNC(C)=O)C=C3)C2=O)cc1. The lowest BCUT2D eigenvalue weighted by atomic mass is 9.80. The van der Waals surface area contributed by atoms with Gasteiger partial charge in [0.1, 0.15) is 13.6 Å². The number of benzene rings is 1. The average molecular weight is 491 g/mol. The molecule has 1 aromatic carbocycles. The molecule has 0 fully saturated rings. The largest absolute Gasteiger partial charge is 0.871 e. The Hall–Kier alpha value is -3.94. The third kappa shape index (κ3) is 6.59. The van der Waals surface area contributed by atoms with Crippen LogP contribution in [0, 0.1) is 0 Å². The number of hydrogen-bond donors (Lipinski definition) is 2. The van der Waals surface area contributed by atoms with E-state index < -0.39 is 0 Å². The second kappa shape index (κ2) is 12.2. The fraction of sp³-hybridized carbons (Fsp3) is 0.357. The molecule has 8 heteroatoms. The highest BCUT2D eigenvalue weighted by Crippen LogP contribution is 2.37. The number of carbonyl (C=O) groups is 3. The van der Waals surface area contributed by atoms with Gasteiger partial charge in [0.05, 0.1) is 0 Å². The molecule has 0 atom stereocenters. The lowest BCUT2D eigenvalue weighted by molar-refractivity contribution is -0.495. The molecule has 1 aromatic rings. The van der Waals surface area contributed by atoms with E-state index in [1.807, 2.05) is 38.4 Å². The summed E-state index contributed by atoms with van der Waals surface area (Å²) in [5, 5.41) is 18.4. The van der Waals surface area contributed by atoms with Crippen LogP contribution in [0.4, 0.5) is 5.69 Å². The molecule has 0 saturated carbocycles. The van der Waals surface area contributed by atoms with E-state index in [-0.39, 0.29) is 34.5 Å². The maximum Gasteiger partial charge on any atom is 0.216 e. The zero-order valence-corrected chi connectivity index (χ0v) is 21.4. The number of hydrogen-bond acceptors (Lipinski definition) is 5. The van der Waals surface area contributed by atoms with Crippen LogP contribution in [0.5, 0.6) is 0 Å². The van der Waals surface area contributed by atoms with Gasteiger partial charge in [-0.2, -0.15) is 0 Å². The molecule has 0 unspecified atom stereocenters. The van der Waals surface area contributed by atoms with Crippen molar-refractivity contribution in [2.75, 3.05) is 45.2 Å². The van der Waals surface area contributed by atoms with E-state index in [4.69, 9.17) is 0 Å². The summed E-state index contributed by atoms with van der Waals surface area (Å²) in [7, 11) is 3.93. The van der Waals surface area contributed by atoms with Crippen molar-refractivity contribution in [1.29, 1.82) is 0 Å². The molecule has 0 heterocycles. The van der Waals surface area contributed by atoms with Gasteiger partial charge >= 0.3 is 0 Å². The maximum atomic E-state index is 12.9. The first-order chi connectivity index (χ1) is 17.2. The van der Waals surface area contributed by atoms with Gasteiger partial charge in [0.15, 0.2) is 11.5 Å². The van der Waals surface area contributed by atoms with Crippen LogP contribution >= 0.6 is 0 Å². The number of amides is 2. The van der Waals surface area contributed by atoms with Crippen LogP contribution in [-0.2, 0) is 14.4 Å². The molecule has 3 rings (SSSR count). The minimum Gasteiger partial charge on any atom is -0.871 e. The molecule has 0 spiro atoms. The molecule has 190 valence electrons. The minimum atomic E-state index is -0.229. The van der Waals surface area contributed by atoms with Gasteiger partial charge in [-0.25, -0.2) is 4.58 Å². The normalized spacial score (nSPS) is 14.7. The smallest absolute Gasteiger partial charge is 0.216 e. The lowest BCUT2D eigenvalue weighted by Gasteiger charge is -2.32. The summed E-state index contributed by atoms with van der Waals surface area (Å²) in [6.07, 6.45) is 9.04. The number of Topliss-reactive ketones (excluding diaryl/α,β-unsaturated/α-hetero) is 1. The molecule has 0 radical (unpaired) electrons. The number of allylic oxidation sites excluding steroid dienone is 7. The Bertz CT molecular complexity index is 1170. The van der Waals surface area contributed by atoms with Crippen molar-refractivity contribution in [1.82, 2.24) is 10.6 Å². The van der Waals surface area contributed by atoms with Crippen molar-refractivity contribution in [3.8, 4) is 0 Å². The second-order valence-corrected chi connectivity index (χ2v) is 9.02. The Labute approximate surface area is 212 Å². The van der Waals surface area contributed by atoms with E-state index in [9.17, 15) is 19.5 Å². The first-order valence-corrected chi connectivity index (χ1v) is 12.1. The molecule has 0 bridgehead atoms. The van der Waals surface area contributed by atoms with E-state index in [0.29, 0.717) is 24.2 Å². The number of carbonyl (C=O) groups excluding carboxylic acids is 3. The highest BCUT2D eigenvalue weighted by atomic mass is 16.3. The van der Waals surface area contributed by atoms with Crippen molar-refractivity contribution in [3.05, 3.63) is 71.0 Å². The molecule has 0 aliphatic heterocycles. The topological polar surface area (TPSA) is 105 Å². The van der Waals surface area contributed by atoms with Gasteiger partial charge in [0.25, 0.3) is 0 Å². The molecular weight excluding hydrogens is 456 g/mol. The van der Waals surface area contributed by atoms with Crippen LogP contribution in [0.15, 0.2) is 65.5 Å². The number of nitrogens with one attached hydrogen (secondary N) is 2. The minimum absolute atomic E-state index is 0.0384. The van der Waals surface area contributed by atoms with Crippen molar-refractivity contribution in [2.45, 2.75) is 26.7 Å². The fourth-order valence-electron chi connectivity index (χ4n) is 4.10. The average Bonchev–Trinajstić information content (AvgIpc) is 2.85. The van der Waals surface area contributed by atoms with Crippen LogP contribution in [0.2, 0.25) is 0 Å². The van der Waals surface area contributed by atoms with Crippen molar-refractivity contribution < 1.29 is 24.1 Å². The van der Waals surface area contributed by atoms with Gasteiger partial charge in [0.2, 0.25) is 11.8 Å². The van der Waals surface area contributed by atoms with Gasteiger partial charge in [0, 0.05) is 75.9 Å². The number of ketones is 1. The predicted molar refractivity (Wildman–Crippen MR) is 140 cm³/mol. The Kier molecular flexibility index (Phi) is 9.00. The van der Waals surface area contributed by atoms with Crippen LogP contribution < -0.4 is 20.6 Å². The van der Waals surface area contributed by atoms with Gasteiger partial charge < -0.3 is 20.6 Å². The Morgan fingerprint density at radius 2 is 1.50 bits per heavy atom. The van der Waals surface area contributed by atoms with E-state index in [2.05, 4.69) is 20.1 Å². The summed E-state index contributed by atoms with van der Waals surface area (Å²) in [5.41, 5.74) is 3.65. The lowest BCUT2D eigenvalue weighted by Crippen LogP contribution is -2.30. The second-order valence-electron chi connectivity index (χ2n) is 9.02. The molecule has 0 aromatic heterocycles. The standard InChI is InChI=1S/C28H34N4O4/c1-19(33)29-15-5-17-31(3)23-11-7-21(8-12-23)25-27(35)26(28(25)36)22-9-13-24(14-10-22)32(4)18-6-16-30-20(2)34/h7-14H,5-6,15-18H2,1-4H3,(H2-,29,30,33,34,35,36). The summed E-state index contributed by atoms with van der Waals surface area (Å²) in [6, 6.07) is 7.41. The van der Waals surface area contributed by atoms with Crippen molar-refractivity contribution in [2.24, 2.45) is 0 Å². The van der Waals surface area contributed by atoms with Crippen molar-refractivity contribution >= 4 is 34.6 Å². The number of anilines is 1. The molecule has 2 amide bonds. The predicted octanol–water partition coefficient (Wildman–Crippen LogP) is 1.34. The quantitative estimate of drug-likeness (QED) is 0.293. The number of rotatable bonds is 10. The van der Waals surface area contributed by atoms with Crippen LogP contribution in [0.1, 0.15) is 32.3 Å². The van der Waals surface area contributed by atoms with E-state index in [1.54, 1.807) is 24.3 Å². The molecular formula is C28H34N4O4. The van der Waals surface area contributed by atoms with E-state index in [1.165, 1.54) is 13.8 Å². The highest BCUT2D eigenvalue weighted by molar-refractivity contribution is 6.39. The number of nitrogens with zero attached hydrogens (tertiary/aromatic N) is 2. The monoisotopic (exact) mass is 490 g/mol. The molecule has 0 saturated heterocycles. The van der Waals surface area contributed by atoms with E-state index >= 15 is 0 Å². The third-order valence-electron chi connectivity index (χ3n) is 6.19. The summed E-state index contributed by atoms with van der Waals surface area (Å²) in [6.45, 7) is 5.78. The fourth-order valence-corrected chi connectivity index (χ4v) is 4.10. The molecule has 2 N–H and O–H groups in total. The van der Waals surface area contributed by atoms with E-state index in [0.717, 1.165) is 37.3 Å². The summed E-state index contributed by atoms with van der Waals surface area (Å²) in [5.74, 6) is -0.534. The maximum absolute atomic E-state index is 12.9. The Balaban J connectivity index is 1.64. The van der Waals surface area contributed by atoms with Crippen molar-refractivity contribution in [3.63, 3.8) is 0 Å². The first kappa shape index (κ1) is 26.7. The highest BCUT2D eigenvalue weighted by Gasteiger charge is 2.30. The van der Waals surface area contributed by atoms with Crippen LogP contribution in [0.25, 0.3) is 5.57 Å². The zero-order valence-electron chi connectivity index (χ0n) is 21.4. The Morgan fingerprint density at radius 1 is 0.917 bits per heavy atom. The van der Waals surface area contributed by atoms with Crippen LogP contribution in [-0.4, -0.2) is 68.2 Å². The van der Waals surface area contributed by atoms with Gasteiger partial charge in [-0.3, -0.25) is 14.4 Å². The molecule has 36 heavy (non-hydrogen) atoms. The molecule has 8 nitrogen and oxygen atoms in total. The van der Waals surface area contributed by atoms with Crippen LogP contribution in [0.3, 0.4) is 0 Å². The molecule has 2 aliphatic rings. The first-order valence-electron chi connectivity index (χ1n) is 12.1. The summed E-state index contributed by atoms with van der Waals surface area (Å²) >= 11 is 0.